The van der Waals surface area contributed by atoms with E-state index in [1.807, 2.05) is 30.3 Å². The zero-order valence-electron chi connectivity index (χ0n) is 14.3. The van der Waals surface area contributed by atoms with Gasteiger partial charge in [-0.15, -0.1) is 6.58 Å². The molecule has 0 amide bonds. The van der Waals surface area contributed by atoms with E-state index in [9.17, 15) is 8.78 Å². The molecule has 3 heteroatoms. The van der Waals surface area contributed by atoms with Crippen molar-refractivity contribution in [2.75, 3.05) is 0 Å². The molecule has 0 aliphatic carbocycles. The van der Waals surface area contributed by atoms with Gasteiger partial charge in [-0.05, 0) is 36.2 Å². The molecular weight excluding hydrogens is 328 g/mol. The highest BCUT2D eigenvalue weighted by molar-refractivity contribution is 6.13. The minimum Gasteiger partial charge on any atom is -0.276 e. The van der Waals surface area contributed by atoms with Crippen molar-refractivity contribution in [2.45, 2.75) is 12.5 Å². The van der Waals surface area contributed by atoms with Gasteiger partial charge in [0.2, 0.25) is 0 Å². The molecule has 1 unspecified atom stereocenters. The second kappa shape index (κ2) is 8.34. The van der Waals surface area contributed by atoms with Gasteiger partial charge in [0.05, 0.1) is 11.8 Å². The molecule has 130 valence electrons. The van der Waals surface area contributed by atoms with Crippen LogP contribution in [0, 0.1) is 11.6 Å². The van der Waals surface area contributed by atoms with Gasteiger partial charge in [-0.1, -0.05) is 60.7 Å². The Balaban J connectivity index is 2.03. The zero-order valence-corrected chi connectivity index (χ0v) is 14.3. The summed E-state index contributed by atoms with van der Waals surface area (Å²) >= 11 is 0. The summed E-state index contributed by atoms with van der Waals surface area (Å²) in [5, 5.41) is 0. The highest BCUT2D eigenvalue weighted by Crippen LogP contribution is 2.17. The standard InChI is InChI=1S/C23H19F2N/c1-2-22(14-17-8-4-3-5-9-17)26-23(18-10-6-12-20(24)15-18)19-11-7-13-21(25)16-19/h2-13,15-16,22H,1,14H2. The van der Waals surface area contributed by atoms with Crippen LogP contribution in [0.25, 0.3) is 0 Å². The summed E-state index contributed by atoms with van der Waals surface area (Å²) in [5.74, 6) is -0.713. The minimum absolute atomic E-state index is 0.209. The quantitative estimate of drug-likeness (QED) is 0.406. The van der Waals surface area contributed by atoms with Crippen LogP contribution in [0.4, 0.5) is 8.78 Å². The van der Waals surface area contributed by atoms with Gasteiger partial charge in [-0.2, -0.15) is 0 Å². The smallest absolute Gasteiger partial charge is 0.123 e. The van der Waals surface area contributed by atoms with Gasteiger partial charge in [0.1, 0.15) is 11.6 Å². The van der Waals surface area contributed by atoms with Gasteiger partial charge < -0.3 is 0 Å². The topological polar surface area (TPSA) is 12.4 Å². The molecule has 0 radical (unpaired) electrons. The highest BCUT2D eigenvalue weighted by atomic mass is 19.1. The largest absolute Gasteiger partial charge is 0.276 e. The van der Waals surface area contributed by atoms with Gasteiger partial charge in [0.15, 0.2) is 0 Å². The number of rotatable bonds is 6. The maximum absolute atomic E-state index is 13.7. The molecule has 0 aliphatic rings. The van der Waals surface area contributed by atoms with E-state index in [0.29, 0.717) is 23.3 Å². The van der Waals surface area contributed by atoms with E-state index in [-0.39, 0.29) is 17.7 Å². The number of halogens is 2. The third-order valence-electron chi connectivity index (χ3n) is 4.05. The Labute approximate surface area is 152 Å². The molecule has 0 aromatic heterocycles. The first kappa shape index (κ1) is 17.7. The Bertz CT molecular complexity index is 869. The third-order valence-corrected chi connectivity index (χ3v) is 4.05. The second-order valence-corrected chi connectivity index (χ2v) is 5.99. The SMILES string of the molecule is C=CC(Cc1ccccc1)N=C(c1cccc(F)c1)c1cccc(F)c1. The Hall–Kier alpha value is -3.07. The van der Waals surface area contributed by atoms with Crippen molar-refractivity contribution in [3.63, 3.8) is 0 Å². The molecule has 0 saturated heterocycles. The first-order chi connectivity index (χ1) is 12.7. The summed E-state index contributed by atoms with van der Waals surface area (Å²) in [4.78, 5) is 4.78. The van der Waals surface area contributed by atoms with Crippen LogP contribution in [0.3, 0.4) is 0 Å². The molecule has 3 rings (SSSR count). The lowest BCUT2D eigenvalue weighted by Gasteiger charge is -2.13. The van der Waals surface area contributed by atoms with Gasteiger partial charge in [-0.3, -0.25) is 4.99 Å². The van der Waals surface area contributed by atoms with Crippen molar-refractivity contribution in [1.82, 2.24) is 0 Å². The molecule has 1 nitrogen and oxygen atoms in total. The third kappa shape index (κ3) is 4.51. The summed E-state index contributed by atoms with van der Waals surface area (Å²) in [6.45, 7) is 3.88. The lowest BCUT2D eigenvalue weighted by atomic mass is 10.0. The first-order valence-electron chi connectivity index (χ1n) is 8.42. The molecular formula is C23H19F2N. The number of hydrogen-bond acceptors (Lipinski definition) is 1. The van der Waals surface area contributed by atoms with E-state index in [1.165, 1.54) is 24.3 Å². The van der Waals surface area contributed by atoms with Crippen LogP contribution in [0.15, 0.2) is 96.5 Å². The Kier molecular flexibility index (Phi) is 5.69. The van der Waals surface area contributed by atoms with Crippen molar-refractivity contribution in [2.24, 2.45) is 4.99 Å². The van der Waals surface area contributed by atoms with Gasteiger partial charge in [0, 0.05) is 11.1 Å². The normalized spacial score (nSPS) is 11.6. The van der Waals surface area contributed by atoms with E-state index in [2.05, 4.69) is 6.58 Å². The average molecular weight is 347 g/mol. The van der Waals surface area contributed by atoms with Crippen LogP contribution in [0.5, 0.6) is 0 Å². The fourth-order valence-electron chi connectivity index (χ4n) is 2.79. The Morgan fingerprint density at radius 2 is 1.42 bits per heavy atom. The number of benzene rings is 3. The van der Waals surface area contributed by atoms with Crippen molar-refractivity contribution >= 4 is 5.71 Å². The van der Waals surface area contributed by atoms with Gasteiger partial charge in [0.25, 0.3) is 0 Å². The molecule has 1 atom stereocenters. The van der Waals surface area contributed by atoms with Crippen LogP contribution in [0.1, 0.15) is 16.7 Å². The highest BCUT2D eigenvalue weighted by Gasteiger charge is 2.12. The summed E-state index contributed by atoms with van der Waals surface area (Å²) in [5.41, 5.74) is 2.88. The fraction of sp³-hybridized carbons (Fsp3) is 0.0870. The maximum atomic E-state index is 13.7. The van der Waals surface area contributed by atoms with Crippen molar-refractivity contribution in [3.8, 4) is 0 Å². The number of nitrogens with zero attached hydrogens (tertiary/aromatic N) is 1. The molecule has 26 heavy (non-hydrogen) atoms. The van der Waals surface area contributed by atoms with Crippen LogP contribution in [-0.2, 0) is 6.42 Å². The molecule has 0 heterocycles. The van der Waals surface area contributed by atoms with Crippen LogP contribution >= 0.6 is 0 Å². The Morgan fingerprint density at radius 3 is 1.92 bits per heavy atom. The van der Waals surface area contributed by atoms with Crippen LogP contribution in [0.2, 0.25) is 0 Å². The lowest BCUT2D eigenvalue weighted by molar-refractivity contribution is 0.627. The average Bonchev–Trinajstić information content (AvgIpc) is 2.66. The molecule has 0 fully saturated rings. The van der Waals surface area contributed by atoms with Crippen molar-refractivity contribution in [1.29, 1.82) is 0 Å². The van der Waals surface area contributed by atoms with Crippen LogP contribution < -0.4 is 0 Å². The fourth-order valence-corrected chi connectivity index (χ4v) is 2.79. The summed E-state index contributed by atoms with van der Waals surface area (Å²) in [6, 6.07) is 22.1. The second-order valence-electron chi connectivity index (χ2n) is 5.99. The Morgan fingerprint density at radius 1 is 0.846 bits per heavy atom. The summed E-state index contributed by atoms with van der Waals surface area (Å²) in [7, 11) is 0. The minimum atomic E-state index is -0.357. The van der Waals surface area contributed by atoms with Gasteiger partial charge >= 0.3 is 0 Å². The summed E-state index contributed by atoms with van der Waals surface area (Å²) in [6.07, 6.45) is 2.42. The van der Waals surface area contributed by atoms with E-state index in [0.717, 1.165) is 5.56 Å². The molecule has 0 spiro atoms. The molecule has 3 aromatic rings. The number of aliphatic imine (C=N–C) groups is 1. The molecule has 0 N–H and O–H groups in total. The first-order valence-corrected chi connectivity index (χ1v) is 8.42. The van der Waals surface area contributed by atoms with E-state index < -0.39 is 0 Å². The van der Waals surface area contributed by atoms with E-state index >= 15 is 0 Å². The summed E-state index contributed by atoms with van der Waals surface area (Å²) < 4.78 is 27.5. The molecule has 3 aromatic carbocycles. The van der Waals surface area contributed by atoms with Crippen molar-refractivity contribution in [3.05, 3.63) is 120 Å². The molecule has 0 aliphatic heterocycles. The van der Waals surface area contributed by atoms with E-state index in [1.54, 1.807) is 30.3 Å². The molecule has 0 bridgehead atoms. The maximum Gasteiger partial charge on any atom is 0.123 e. The van der Waals surface area contributed by atoms with Gasteiger partial charge in [-0.25, -0.2) is 8.78 Å². The predicted molar refractivity (Wildman–Crippen MR) is 103 cm³/mol. The lowest BCUT2D eigenvalue weighted by Crippen LogP contribution is -2.12. The van der Waals surface area contributed by atoms with Crippen LogP contribution in [-0.4, -0.2) is 11.8 Å². The zero-order chi connectivity index (χ0) is 18.4. The predicted octanol–water partition coefficient (Wildman–Crippen LogP) is 5.60. The number of hydrogen-bond donors (Lipinski definition) is 0. The van der Waals surface area contributed by atoms with Crippen molar-refractivity contribution < 1.29 is 8.78 Å². The monoisotopic (exact) mass is 347 g/mol. The van der Waals surface area contributed by atoms with E-state index in [4.69, 9.17) is 4.99 Å². The molecule has 0 saturated carbocycles.